The molecular formula is C14H23N5OS. The second kappa shape index (κ2) is 7.99. The molecule has 0 unspecified atom stereocenters. The van der Waals surface area contributed by atoms with E-state index in [1.165, 1.54) is 0 Å². The molecule has 6 nitrogen and oxygen atoms in total. The summed E-state index contributed by atoms with van der Waals surface area (Å²) < 4.78 is 7.43. The number of nitrogens with zero attached hydrogens (tertiary/aromatic N) is 4. The predicted molar refractivity (Wildman–Crippen MR) is 86.2 cm³/mol. The summed E-state index contributed by atoms with van der Waals surface area (Å²) in [4.78, 5) is 11.6. The van der Waals surface area contributed by atoms with Crippen molar-refractivity contribution >= 4 is 16.5 Å². The molecule has 0 bridgehead atoms. The lowest BCUT2D eigenvalue weighted by atomic mass is 10.3. The van der Waals surface area contributed by atoms with Crippen LogP contribution in [-0.2, 0) is 13.1 Å². The van der Waals surface area contributed by atoms with Crippen LogP contribution in [0.2, 0.25) is 0 Å². The number of aryl methyl sites for hydroxylation is 1. The third-order valence-electron chi connectivity index (χ3n) is 3.09. The smallest absolute Gasteiger partial charge is 0.230 e. The van der Waals surface area contributed by atoms with Crippen LogP contribution in [0.25, 0.3) is 0 Å². The van der Waals surface area contributed by atoms with Gasteiger partial charge in [-0.2, -0.15) is 4.98 Å². The van der Waals surface area contributed by atoms with Gasteiger partial charge in [0.05, 0.1) is 18.3 Å². The Morgan fingerprint density at radius 3 is 2.90 bits per heavy atom. The number of methoxy groups -OCH3 is 1. The van der Waals surface area contributed by atoms with Crippen molar-refractivity contribution in [3.05, 3.63) is 23.6 Å². The number of hydrogen-bond acceptors (Lipinski definition) is 6. The summed E-state index contributed by atoms with van der Waals surface area (Å²) in [7, 11) is 5.65. The molecule has 1 N–H and O–H groups in total. The van der Waals surface area contributed by atoms with E-state index in [2.05, 4.69) is 19.9 Å². The number of unbranched alkanes of at least 4 members (excludes halogenated alkanes) is 1. The fraction of sp³-hybridized carbons (Fsp3) is 0.571. The molecule has 2 aromatic rings. The fourth-order valence-electron chi connectivity index (χ4n) is 1.95. The zero-order valence-electron chi connectivity index (χ0n) is 12.9. The van der Waals surface area contributed by atoms with E-state index in [1.807, 2.05) is 37.7 Å². The van der Waals surface area contributed by atoms with E-state index in [4.69, 9.17) is 4.74 Å². The van der Waals surface area contributed by atoms with E-state index >= 15 is 0 Å². The van der Waals surface area contributed by atoms with Gasteiger partial charge in [0.2, 0.25) is 5.88 Å². The summed E-state index contributed by atoms with van der Waals surface area (Å²) in [6.07, 6.45) is 7.96. The maximum Gasteiger partial charge on any atom is 0.230 e. The molecule has 0 saturated carbocycles. The minimum atomic E-state index is 0.731. The largest absolute Gasteiger partial charge is 0.480 e. The molecule has 0 amide bonds. The van der Waals surface area contributed by atoms with Crippen LogP contribution in [-0.4, -0.2) is 42.3 Å². The zero-order valence-corrected chi connectivity index (χ0v) is 13.7. The van der Waals surface area contributed by atoms with Crippen LogP contribution in [0.4, 0.5) is 5.13 Å². The molecule has 0 aliphatic carbocycles. The average Bonchev–Trinajstić information content (AvgIpc) is 3.11. The number of hydrogen-bond donors (Lipinski definition) is 1. The van der Waals surface area contributed by atoms with E-state index in [1.54, 1.807) is 18.4 Å². The Morgan fingerprint density at radius 2 is 2.24 bits per heavy atom. The molecule has 7 heteroatoms. The number of anilines is 1. The number of imidazole rings is 1. The third kappa shape index (κ3) is 4.71. The van der Waals surface area contributed by atoms with Gasteiger partial charge in [0.15, 0.2) is 5.13 Å². The SMILES string of the molecule is COc1nc(N(C)C)sc1CNCCCCn1ccnc1. The first kappa shape index (κ1) is 15.8. The molecule has 2 heterocycles. The molecule has 0 aliphatic heterocycles. The molecule has 2 rings (SSSR count). The van der Waals surface area contributed by atoms with Crippen molar-refractivity contribution in [3.8, 4) is 5.88 Å². The lowest BCUT2D eigenvalue weighted by molar-refractivity contribution is 0.394. The van der Waals surface area contributed by atoms with E-state index in [9.17, 15) is 0 Å². The highest BCUT2D eigenvalue weighted by molar-refractivity contribution is 7.15. The molecule has 21 heavy (non-hydrogen) atoms. The molecule has 0 saturated heterocycles. The molecule has 0 aromatic carbocycles. The first-order valence-electron chi connectivity index (χ1n) is 7.08. The van der Waals surface area contributed by atoms with Gasteiger partial charge in [-0.25, -0.2) is 4.98 Å². The standard InChI is InChI=1S/C14H23N5OS/c1-18(2)14-17-13(20-3)12(21-14)10-15-6-4-5-8-19-9-7-16-11-19/h7,9,11,15H,4-6,8,10H2,1-3H3. The summed E-state index contributed by atoms with van der Waals surface area (Å²) in [5.41, 5.74) is 0. The normalized spacial score (nSPS) is 10.8. The Balaban J connectivity index is 1.68. The molecule has 0 radical (unpaired) electrons. The number of aromatic nitrogens is 3. The van der Waals surface area contributed by atoms with E-state index in [-0.39, 0.29) is 0 Å². The van der Waals surface area contributed by atoms with Gasteiger partial charge in [0.25, 0.3) is 0 Å². The Kier molecular flexibility index (Phi) is 6.01. The number of nitrogens with one attached hydrogen (secondary N) is 1. The van der Waals surface area contributed by atoms with Crippen LogP contribution in [0.5, 0.6) is 5.88 Å². The molecule has 116 valence electrons. The van der Waals surface area contributed by atoms with Crippen molar-refractivity contribution in [2.24, 2.45) is 0 Å². The highest BCUT2D eigenvalue weighted by Gasteiger charge is 2.12. The van der Waals surface area contributed by atoms with E-state index in [0.29, 0.717) is 0 Å². The molecule has 0 fully saturated rings. The fourth-order valence-corrected chi connectivity index (χ4v) is 2.88. The maximum absolute atomic E-state index is 5.33. The van der Waals surface area contributed by atoms with Crippen molar-refractivity contribution in [2.75, 3.05) is 32.6 Å². The number of thiazole rings is 1. The highest BCUT2D eigenvalue weighted by Crippen LogP contribution is 2.30. The van der Waals surface area contributed by atoms with Crippen molar-refractivity contribution < 1.29 is 4.74 Å². The molecular weight excluding hydrogens is 286 g/mol. The topological polar surface area (TPSA) is 55.2 Å². The van der Waals surface area contributed by atoms with Crippen LogP contribution in [0.15, 0.2) is 18.7 Å². The van der Waals surface area contributed by atoms with Gasteiger partial charge < -0.3 is 19.5 Å². The van der Waals surface area contributed by atoms with Crippen molar-refractivity contribution in [1.82, 2.24) is 19.9 Å². The first-order valence-corrected chi connectivity index (χ1v) is 7.90. The van der Waals surface area contributed by atoms with Gasteiger partial charge in [-0.3, -0.25) is 0 Å². The van der Waals surface area contributed by atoms with E-state index < -0.39 is 0 Å². The van der Waals surface area contributed by atoms with Gasteiger partial charge in [0, 0.05) is 39.6 Å². The summed E-state index contributed by atoms with van der Waals surface area (Å²) in [5, 5.41) is 4.43. The van der Waals surface area contributed by atoms with Crippen molar-refractivity contribution in [1.29, 1.82) is 0 Å². The van der Waals surface area contributed by atoms with Gasteiger partial charge >= 0.3 is 0 Å². The molecule has 0 spiro atoms. The summed E-state index contributed by atoms with van der Waals surface area (Å²) >= 11 is 1.67. The van der Waals surface area contributed by atoms with Crippen LogP contribution < -0.4 is 15.0 Å². The minimum absolute atomic E-state index is 0.731. The van der Waals surface area contributed by atoms with Gasteiger partial charge in [-0.1, -0.05) is 11.3 Å². The molecule has 2 aromatic heterocycles. The summed E-state index contributed by atoms with van der Waals surface area (Å²) in [6, 6.07) is 0. The second-order valence-corrected chi connectivity index (χ2v) is 6.07. The van der Waals surface area contributed by atoms with Gasteiger partial charge in [-0.15, -0.1) is 0 Å². The Hall–Kier alpha value is -1.60. The predicted octanol–water partition coefficient (Wildman–Crippen LogP) is 1.98. The van der Waals surface area contributed by atoms with Crippen molar-refractivity contribution in [3.63, 3.8) is 0 Å². The molecule has 0 atom stereocenters. The van der Waals surface area contributed by atoms with Gasteiger partial charge in [0.1, 0.15) is 0 Å². The molecule has 0 aliphatic rings. The lowest BCUT2D eigenvalue weighted by Crippen LogP contribution is -2.15. The van der Waals surface area contributed by atoms with Crippen LogP contribution in [0.1, 0.15) is 17.7 Å². The van der Waals surface area contributed by atoms with Crippen LogP contribution >= 0.6 is 11.3 Å². The lowest BCUT2D eigenvalue weighted by Gasteiger charge is -2.05. The number of ether oxygens (including phenoxy) is 1. The zero-order chi connectivity index (χ0) is 15.1. The summed E-state index contributed by atoms with van der Waals surface area (Å²) in [6.45, 7) is 2.82. The number of rotatable bonds is 9. The Morgan fingerprint density at radius 1 is 1.38 bits per heavy atom. The van der Waals surface area contributed by atoms with Crippen LogP contribution in [0.3, 0.4) is 0 Å². The summed E-state index contributed by atoms with van der Waals surface area (Å²) in [5.74, 6) is 0.731. The Labute approximate surface area is 129 Å². The highest BCUT2D eigenvalue weighted by atomic mass is 32.1. The minimum Gasteiger partial charge on any atom is -0.480 e. The third-order valence-corrected chi connectivity index (χ3v) is 4.30. The quantitative estimate of drug-likeness (QED) is 0.718. The maximum atomic E-state index is 5.33. The van der Waals surface area contributed by atoms with Gasteiger partial charge in [-0.05, 0) is 19.4 Å². The second-order valence-electron chi connectivity index (χ2n) is 5.01. The monoisotopic (exact) mass is 309 g/mol. The van der Waals surface area contributed by atoms with Crippen molar-refractivity contribution in [2.45, 2.75) is 25.9 Å². The first-order chi connectivity index (χ1) is 10.2. The van der Waals surface area contributed by atoms with Crippen LogP contribution in [0, 0.1) is 0 Å². The van der Waals surface area contributed by atoms with E-state index in [0.717, 1.165) is 48.4 Å². The average molecular weight is 309 g/mol. The Bertz CT molecular complexity index is 523.